The Morgan fingerprint density at radius 2 is 2.09 bits per heavy atom. The number of benzene rings is 1. The Kier molecular flexibility index (Phi) is 2.52. The molecule has 8 heteroatoms. The molecule has 2 N–H and O–H groups in total. The fourth-order valence-corrected chi connectivity index (χ4v) is 2.58. The van der Waals surface area contributed by atoms with Gasteiger partial charge in [-0.2, -0.15) is 4.98 Å². The van der Waals surface area contributed by atoms with E-state index in [1.54, 1.807) is 16.3 Å². The van der Waals surface area contributed by atoms with Gasteiger partial charge in [0.25, 0.3) is 0 Å². The summed E-state index contributed by atoms with van der Waals surface area (Å²) >= 11 is 0. The molecule has 0 unspecified atom stereocenters. The quantitative estimate of drug-likeness (QED) is 0.598. The second-order valence-electron chi connectivity index (χ2n) is 4.92. The molecular weight excluding hydrogens is 282 g/mol. The van der Waals surface area contributed by atoms with Crippen LogP contribution >= 0.6 is 0 Å². The molecule has 0 saturated carbocycles. The molecule has 1 aromatic carbocycles. The van der Waals surface area contributed by atoms with Crippen molar-refractivity contribution >= 4 is 22.5 Å². The molecule has 0 saturated heterocycles. The second kappa shape index (κ2) is 4.42. The normalized spacial score (nSPS) is 11.4. The largest absolute Gasteiger partial charge is 0.479 e. The van der Waals surface area contributed by atoms with Gasteiger partial charge in [0.05, 0.1) is 12.6 Å². The molecule has 0 bridgehead atoms. The lowest BCUT2D eigenvalue weighted by Gasteiger charge is -2.06. The number of aryl methyl sites for hydroxylation is 1. The van der Waals surface area contributed by atoms with Crippen molar-refractivity contribution in [1.82, 2.24) is 29.6 Å². The number of anilines is 1. The van der Waals surface area contributed by atoms with E-state index in [1.807, 2.05) is 37.5 Å². The predicted octanol–water partition coefficient (Wildman–Crippen LogP) is 1.27. The van der Waals surface area contributed by atoms with Gasteiger partial charge in [0.15, 0.2) is 0 Å². The summed E-state index contributed by atoms with van der Waals surface area (Å²) in [6, 6.07) is 7.91. The zero-order valence-corrected chi connectivity index (χ0v) is 12.1. The van der Waals surface area contributed by atoms with Crippen molar-refractivity contribution in [2.45, 2.75) is 0 Å². The van der Waals surface area contributed by atoms with Crippen molar-refractivity contribution in [2.75, 3.05) is 12.8 Å². The van der Waals surface area contributed by atoms with E-state index >= 15 is 0 Å². The monoisotopic (exact) mass is 295 g/mol. The zero-order chi connectivity index (χ0) is 15.3. The van der Waals surface area contributed by atoms with Crippen LogP contribution in [0, 0.1) is 0 Å². The maximum atomic E-state index is 5.69. The van der Waals surface area contributed by atoms with E-state index in [4.69, 9.17) is 10.5 Å². The standard InChI is InChI=1S/C14H13N7O/c1-20-11-7-8(3-4-10(11)17-19-20)9-5-6-21-12(9)13(22-2)16-14(15)18-21/h3-7H,1-2H3,(H2,15,18). The summed E-state index contributed by atoms with van der Waals surface area (Å²) in [5.74, 6) is 0.605. The highest BCUT2D eigenvalue weighted by atomic mass is 16.5. The number of hydrogen-bond donors (Lipinski definition) is 1. The van der Waals surface area contributed by atoms with Crippen LogP contribution in [0.3, 0.4) is 0 Å². The summed E-state index contributed by atoms with van der Waals surface area (Å²) in [6.07, 6.45) is 1.83. The van der Waals surface area contributed by atoms with Gasteiger partial charge in [-0.25, -0.2) is 9.20 Å². The maximum Gasteiger partial charge on any atom is 0.243 e. The molecule has 8 nitrogen and oxygen atoms in total. The minimum absolute atomic E-state index is 0.165. The van der Waals surface area contributed by atoms with E-state index in [0.29, 0.717) is 5.88 Å². The van der Waals surface area contributed by atoms with E-state index < -0.39 is 0 Å². The number of nitrogen functional groups attached to an aromatic ring is 1. The predicted molar refractivity (Wildman–Crippen MR) is 81.5 cm³/mol. The Labute approximate surface area is 125 Å². The molecule has 0 amide bonds. The van der Waals surface area contributed by atoms with Crippen LogP contribution in [0.15, 0.2) is 30.5 Å². The Bertz CT molecular complexity index is 1000. The van der Waals surface area contributed by atoms with Crippen molar-refractivity contribution in [2.24, 2.45) is 7.05 Å². The summed E-state index contributed by atoms with van der Waals surface area (Å²) in [6.45, 7) is 0. The van der Waals surface area contributed by atoms with Gasteiger partial charge in [0, 0.05) is 18.8 Å². The van der Waals surface area contributed by atoms with Gasteiger partial charge in [0.2, 0.25) is 11.8 Å². The highest BCUT2D eigenvalue weighted by Crippen LogP contribution is 2.32. The first-order valence-electron chi connectivity index (χ1n) is 6.66. The van der Waals surface area contributed by atoms with E-state index in [9.17, 15) is 0 Å². The summed E-state index contributed by atoms with van der Waals surface area (Å²) in [4.78, 5) is 4.14. The zero-order valence-electron chi connectivity index (χ0n) is 12.1. The van der Waals surface area contributed by atoms with Crippen molar-refractivity contribution in [3.05, 3.63) is 30.5 Å². The molecule has 3 aromatic heterocycles. The third-order valence-corrected chi connectivity index (χ3v) is 3.61. The molecule has 4 aromatic rings. The van der Waals surface area contributed by atoms with Gasteiger partial charge in [-0.1, -0.05) is 11.3 Å². The van der Waals surface area contributed by atoms with Crippen molar-refractivity contribution in [1.29, 1.82) is 0 Å². The average Bonchev–Trinajstić information content (AvgIpc) is 3.10. The van der Waals surface area contributed by atoms with Crippen LogP contribution in [0.5, 0.6) is 5.88 Å². The van der Waals surface area contributed by atoms with Gasteiger partial charge in [-0.15, -0.1) is 10.2 Å². The van der Waals surface area contributed by atoms with Crippen LogP contribution in [-0.4, -0.2) is 36.7 Å². The van der Waals surface area contributed by atoms with E-state index in [1.165, 1.54) is 0 Å². The number of methoxy groups -OCH3 is 1. The summed E-state index contributed by atoms with van der Waals surface area (Å²) in [5, 5.41) is 12.3. The first-order valence-corrected chi connectivity index (χ1v) is 6.66. The van der Waals surface area contributed by atoms with Crippen molar-refractivity contribution in [3.8, 4) is 17.0 Å². The molecule has 0 aliphatic carbocycles. The average molecular weight is 295 g/mol. The third-order valence-electron chi connectivity index (χ3n) is 3.61. The number of fused-ring (bicyclic) bond motifs is 2. The number of nitrogens with zero attached hydrogens (tertiary/aromatic N) is 6. The Balaban J connectivity index is 2.01. The van der Waals surface area contributed by atoms with E-state index in [-0.39, 0.29) is 5.95 Å². The molecule has 0 radical (unpaired) electrons. The fourth-order valence-electron chi connectivity index (χ4n) is 2.58. The first-order chi connectivity index (χ1) is 10.7. The van der Waals surface area contributed by atoms with Crippen LogP contribution < -0.4 is 10.5 Å². The molecule has 0 fully saturated rings. The van der Waals surface area contributed by atoms with Gasteiger partial charge < -0.3 is 10.5 Å². The lowest BCUT2D eigenvalue weighted by molar-refractivity contribution is 0.400. The molecular formula is C14H13N7O. The first kappa shape index (κ1) is 12.6. The smallest absolute Gasteiger partial charge is 0.243 e. The molecule has 0 aliphatic heterocycles. The van der Waals surface area contributed by atoms with Gasteiger partial charge >= 0.3 is 0 Å². The van der Waals surface area contributed by atoms with Gasteiger partial charge in [-0.05, 0) is 23.8 Å². The number of ether oxygens (including phenoxy) is 1. The summed E-state index contributed by atoms with van der Waals surface area (Å²) < 4.78 is 8.75. The minimum Gasteiger partial charge on any atom is -0.479 e. The van der Waals surface area contributed by atoms with Gasteiger partial charge in [-0.3, -0.25) is 0 Å². The molecule has 4 rings (SSSR count). The molecule has 110 valence electrons. The molecule has 0 aliphatic rings. The maximum absolute atomic E-state index is 5.69. The third kappa shape index (κ3) is 1.70. The molecule has 3 heterocycles. The number of aromatic nitrogens is 6. The van der Waals surface area contributed by atoms with Crippen LogP contribution in [0.4, 0.5) is 5.95 Å². The van der Waals surface area contributed by atoms with Crippen LogP contribution in [0.1, 0.15) is 0 Å². The molecule has 22 heavy (non-hydrogen) atoms. The Morgan fingerprint density at radius 1 is 1.23 bits per heavy atom. The topological polar surface area (TPSA) is 96.2 Å². The van der Waals surface area contributed by atoms with Crippen molar-refractivity contribution < 1.29 is 4.74 Å². The highest BCUT2D eigenvalue weighted by molar-refractivity contribution is 5.89. The van der Waals surface area contributed by atoms with Crippen LogP contribution in [0.2, 0.25) is 0 Å². The second-order valence-corrected chi connectivity index (χ2v) is 4.92. The number of hydrogen-bond acceptors (Lipinski definition) is 6. The molecule has 0 spiro atoms. The highest BCUT2D eigenvalue weighted by Gasteiger charge is 2.15. The number of rotatable bonds is 2. The fraction of sp³-hybridized carbons (Fsp3) is 0.143. The van der Waals surface area contributed by atoms with E-state index in [2.05, 4.69) is 20.4 Å². The summed E-state index contributed by atoms with van der Waals surface area (Å²) in [7, 11) is 3.42. The lowest BCUT2D eigenvalue weighted by atomic mass is 10.1. The Hall–Kier alpha value is -3.16. The Morgan fingerprint density at radius 3 is 2.91 bits per heavy atom. The van der Waals surface area contributed by atoms with Crippen LogP contribution in [0.25, 0.3) is 27.7 Å². The minimum atomic E-state index is 0.165. The summed E-state index contributed by atoms with van der Waals surface area (Å²) in [5.41, 5.74) is 10.2. The van der Waals surface area contributed by atoms with E-state index in [0.717, 1.165) is 27.7 Å². The number of nitrogens with two attached hydrogens (primary N) is 1. The molecule has 0 atom stereocenters. The van der Waals surface area contributed by atoms with Crippen LogP contribution in [-0.2, 0) is 7.05 Å². The SMILES string of the molecule is COc1nc(N)nn2ccc(-c3ccc4nnn(C)c4c3)c12. The lowest BCUT2D eigenvalue weighted by Crippen LogP contribution is -2.03. The van der Waals surface area contributed by atoms with Crippen molar-refractivity contribution in [3.63, 3.8) is 0 Å². The van der Waals surface area contributed by atoms with Gasteiger partial charge in [0.1, 0.15) is 11.0 Å².